The summed E-state index contributed by atoms with van der Waals surface area (Å²) >= 11 is 0. The Bertz CT molecular complexity index is 552. The van der Waals surface area contributed by atoms with E-state index in [0.717, 1.165) is 0 Å². The molecule has 1 unspecified atom stereocenters. The van der Waals surface area contributed by atoms with Crippen molar-refractivity contribution in [2.75, 3.05) is 11.9 Å². The van der Waals surface area contributed by atoms with E-state index in [4.69, 9.17) is 0 Å². The average Bonchev–Trinajstić information content (AvgIpc) is 2.39. The normalized spacial score (nSPS) is 11.6. The highest BCUT2D eigenvalue weighted by Gasteiger charge is 2.28. The van der Waals surface area contributed by atoms with Gasteiger partial charge in [0.2, 0.25) is 5.91 Å². The molecule has 9 nitrogen and oxygen atoms in total. The number of carbonyl (C=O) groups is 1. The van der Waals surface area contributed by atoms with Crippen LogP contribution in [0.5, 0.6) is 0 Å². The molecule has 1 aromatic carbocycles. The van der Waals surface area contributed by atoms with E-state index in [1.165, 1.54) is 26.0 Å². The van der Waals surface area contributed by atoms with E-state index in [9.17, 15) is 25.0 Å². The minimum atomic E-state index is -0.843. The molecule has 114 valence electrons. The Hall–Kier alpha value is -2.71. The van der Waals surface area contributed by atoms with Crippen molar-refractivity contribution in [3.05, 3.63) is 37.9 Å². The van der Waals surface area contributed by atoms with Crippen LogP contribution in [0, 0.1) is 27.2 Å². The van der Waals surface area contributed by atoms with Crippen molar-refractivity contribution in [3.8, 4) is 0 Å². The van der Waals surface area contributed by atoms with Crippen LogP contribution < -0.4 is 10.6 Å². The number of likely N-dealkylation sites (N-methyl/N-ethyl adjacent to an activating group) is 1. The molecule has 0 aliphatic carbocycles. The second-order valence-electron chi connectivity index (χ2n) is 4.45. The topological polar surface area (TPSA) is 127 Å². The first-order valence-electron chi connectivity index (χ1n) is 6.25. The van der Waals surface area contributed by atoms with Gasteiger partial charge in [-0.05, 0) is 26.3 Å². The summed E-state index contributed by atoms with van der Waals surface area (Å²) in [6, 6.07) is 1.60. The van der Waals surface area contributed by atoms with Gasteiger partial charge in [-0.25, -0.2) is 0 Å². The Labute approximate surface area is 120 Å². The van der Waals surface area contributed by atoms with Crippen molar-refractivity contribution in [3.63, 3.8) is 0 Å². The van der Waals surface area contributed by atoms with Gasteiger partial charge in [0.05, 0.1) is 9.85 Å². The van der Waals surface area contributed by atoms with E-state index < -0.39 is 33.2 Å². The lowest BCUT2D eigenvalue weighted by Crippen LogP contribution is -2.37. The van der Waals surface area contributed by atoms with Gasteiger partial charge >= 0.3 is 0 Å². The van der Waals surface area contributed by atoms with Crippen LogP contribution in [0.2, 0.25) is 0 Å². The molecule has 0 saturated heterocycles. The molecule has 0 radical (unpaired) electrons. The quantitative estimate of drug-likeness (QED) is 0.608. The Morgan fingerprint density at radius 3 is 2.10 bits per heavy atom. The average molecular weight is 296 g/mol. The van der Waals surface area contributed by atoms with E-state index in [-0.39, 0.29) is 5.69 Å². The Balaban J connectivity index is 3.28. The van der Waals surface area contributed by atoms with Gasteiger partial charge in [-0.1, -0.05) is 0 Å². The highest BCUT2D eigenvalue weighted by atomic mass is 16.6. The molecule has 0 saturated carbocycles. The predicted molar refractivity (Wildman–Crippen MR) is 76.3 cm³/mol. The van der Waals surface area contributed by atoms with Crippen molar-refractivity contribution >= 4 is 23.0 Å². The Kier molecular flexibility index (Phi) is 5.17. The molecule has 1 aromatic rings. The number of hydrogen-bond acceptors (Lipinski definition) is 6. The number of nitrogens with one attached hydrogen (secondary N) is 2. The summed E-state index contributed by atoms with van der Waals surface area (Å²) in [4.78, 5) is 32.4. The van der Waals surface area contributed by atoms with Crippen molar-refractivity contribution in [1.29, 1.82) is 0 Å². The summed E-state index contributed by atoms with van der Waals surface area (Å²) in [5, 5.41) is 27.2. The maximum Gasteiger partial charge on any atom is 0.299 e. The second kappa shape index (κ2) is 6.64. The number of nitrogens with zero attached hydrogens (tertiary/aromatic N) is 2. The van der Waals surface area contributed by atoms with Crippen molar-refractivity contribution in [1.82, 2.24) is 5.32 Å². The molecular formula is C12H16N4O5. The Morgan fingerprint density at radius 1 is 1.24 bits per heavy atom. The molecule has 0 bridgehead atoms. The van der Waals surface area contributed by atoms with E-state index in [1.54, 1.807) is 6.92 Å². The van der Waals surface area contributed by atoms with Gasteiger partial charge in [-0.3, -0.25) is 25.0 Å². The van der Waals surface area contributed by atoms with Crippen LogP contribution in [-0.4, -0.2) is 28.3 Å². The largest absolute Gasteiger partial charge is 0.363 e. The molecule has 0 fully saturated rings. The molecule has 0 spiro atoms. The first kappa shape index (κ1) is 16.3. The molecule has 1 rings (SSSR count). The zero-order valence-electron chi connectivity index (χ0n) is 11.9. The first-order valence-corrected chi connectivity index (χ1v) is 6.25. The molecule has 0 aromatic heterocycles. The maximum absolute atomic E-state index is 11.7. The van der Waals surface area contributed by atoms with Crippen LogP contribution in [0.1, 0.15) is 19.4 Å². The summed E-state index contributed by atoms with van der Waals surface area (Å²) in [6.45, 7) is 5.11. The highest BCUT2D eigenvalue weighted by Crippen LogP contribution is 2.35. The lowest BCUT2D eigenvalue weighted by molar-refractivity contribution is -0.392. The number of hydrogen-bond donors (Lipinski definition) is 2. The van der Waals surface area contributed by atoms with E-state index >= 15 is 0 Å². The van der Waals surface area contributed by atoms with Gasteiger partial charge < -0.3 is 10.6 Å². The molecule has 0 aliphatic heterocycles. The van der Waals surface area contributed by atoms with E-state index in [0.29, 0.717) is 12.1 Å². The zero-order valence-corrected chi connectivity index (χ0v) is 11.9. The molecule has 9 heteroatoms. The third-order valence-corrected chi connectivity index (χ3v) is 2.74. The van der Waals surface area contributed by atoms with Crippen LogP contribution in [-0.2, 0) is 4.79 Å². The number of aryl methyl sites for hydroxylation is 1. The van der Waals surface area contributed by atoms with Crippen LogP contribution in [0.4, 0.5) is 17.1 Å². The standard InChI is InChI=1S/C12H16N4O5/c1-4-13-12(17)8(3)14-11-9(15(18)19)5-7(2)6-10(11)16(20)21/h5-6,8,14H,4H2,1-3H3,(H,13,17). The number of anilines is 1. The predicted octanol–water partition coefficient (Wildman–Crippen LogP) is 1.75. The van der Waals surface area contributed by atoms with Crippen molar-refractivity contribution in [2.45, 2.75) is 26.8 Å². The summed E-state index contributed by atoms with van der Waals surface area (Å²) in [6.07, 6.45) is 0. The van der Waals surface area contributed by atoms with Gasteiger partial charge in [-0.2, -0.15) is 0 Å². The molecule has 21 heavy (non-hydrogen) atoms. The number of rotatable bonds is 6. The summed E-state index contributed by atoms with van der Waals surface area (Å²) in [5.74, 6) is -0.401. The summed E-state index contributed by atoms with van der Waals surface area (Å²) in [5.41, 5.74) is -0.741. The third-order valence-electron chi connectivity index (χ3n) is 2.74. The van der Waals surface area contributed by atoms with Crippen LogP contribution in [0.15, 0.2) is 12.1 Å². The second-order valence-corrected chi connectivity index (χ2v) is 4.45. The fourth-order valence-electron chi connectivity index (χ4n) is 1.79. The van der Waals surface area contributed by atoms with Gasteiger partial charge in [-0.15, -0.1) is 0 Å². The maximum atomic E-state index is 11.7. The highest BCUT2D eigenvalue weighted by molar-refractivity contribution is 5.87. The van der Waals surface area contributed by atoms with Crippen LogP contribution >= 0.6 is 0 Å². The van der Waals surface area contributed by atoms with Crippen LogP contribution in [0.25, 0.3) is 0 Å². The van der Waals surface area contributed by atoms with Gasteiger partial charge in [0.1, 0.15) is 6.04 Å². The van der Waals surface area contributed by atoms with E-state index in [2.05, 4.69) is 10.6 Å². The van der Waals surface area contributed by atoms with Gasteiger partial charge in [0.25, 0.3) is 11.4 Å². The smallest absolute Gasteiger partial charge is 0.299 e. The molecule has 0 aliphatic rings. The number of carbonyl (C=O) groups excluding carboxylic acids is 1. The fourth-order valence-corrected chi connectivity index (χ4v) is 1.79. The molecule has 1 amide bonds. The molecule has 1 atom stereocenters. The summed E-state index contributed by atoms with van der Waals surface area (Å²) < 4.78 is 0. The third kappa shape index (κ3) is 3.88. The zero-order chi connectivity index (χ0) is 16.2. The van der Waals surface area contributed by atoms with Crippen molar-refractivity contribution in [2.24, 2.45) is 0 Å². The molecular weight excluding hydrogens is 280 g/mol. The SMILES string of the molecule is CCNC(=O)C(C)Nc1c([N+](=O)[O-])cc(C)cc1[N+](=O)[O-]. The first-order chi connectivity index (χ1) is 9.77. The fraction of sp³-hybridized carbons (Fsp3) is 0.417. The Morgan fingerprint density at radius 2 is 1.71 bits per heavy atom. The molecule has 2 N–H and O–H groups in total. The lowest BCUT2D eigenvalue weighted by atomic mass is 10.1. The number of benzene rings is 1. The van der Waals surface area contributed by atoms with Crippen molar-refractivity contribution < 1.29 is 14.6 Å². The van der Waals surface area contributed by atoms with Gasteiger partial charge in [0, 0.05) is 18.7 Å². The number of nitro benzene ring substituents is 2. The van der Waals surface area contributed by atoms with Crippen LogP contribution in [0.3, 0.4) is 0 Å². The van der Waals surface area contributed by atoms with E-state index in [1.807, 2.05) is 0 Å². The molecule has 0 heterocycles. The minimum Gasteiger partial charge on any atom is -0.363 e. The summed E-state index contributed by atoms with van der Waals surface area (Å²) in [7, 11) is 0. The minimum absolute atomic E-state index is 0.269. The van der Waals surface area contributed by atoms with Gasteiger partial charge in [0.15, 0.2) is 5.69 Å². The number of amides is 1. The monoisotopic (exact) mass is 296 g/mol. The number of nitro groups is 2. The lowest BCUT2D eigenvalue weighted by Gasteiger charge is -2.15.